The highest BCUT2D eigenvalue weighted by Gasteiger charge is 2.46. The molecule has 9 heteroatoms. The minimum atomic E-state index is -1.18. The average Bonchev–Trinajstić information content (AvgIpc) is 2.59. The molecule has 0 aliphatic carbocycles. The molecule has 0 radical (unpaired) electrons. The molecule has 1 amide bonds. The number of nitro benzene ring substituents is 1. The molecule has 0 aromatic heterocycles. The molecule has 2 rings (SSSR count). The second-order valence-corrected chi connectivity index (χ2v) is 7.46. The summed E-state index contributed by atoms with van der Waals surface area (Å²) in [5.74, 6) is -1.59. The number of benzene rings is 1. The Morgan fingerprint density at radius 3 is 2.30 bits per heavy atom. The van der Waals surface area contributed by atoms with E-state index in [0.717, 1.165) is 12.1 Å². The summed E-state index contributed by atoms with van der Waals surface area (Å²) in [4.78, 5) is 36.2. The number of carbonyl (C=O) groups excluding carboxylic acids is 2. The lowest BCUT2D eigenvalue weighted by molar-refractivity contribution is -0.387. The Bertz CT molecular complexity index is 751. The van der Waals surface area contributed by atoms with Crippen molar-refractivity contribution in [3.63, 3.8) is 0 Å². The maximum Gasteiger partial charge on any atom is 0.410 e. The third-order valence-corrected chi connectivity index (χ3v) is 4.54. The van der Waals surface area contributed by atoms with Gasteiger partial charge in [0, 0.05) is 19.2 Å². The summed E-state index contributed by atoms with van der Waals surface area (Å²) in [5, 5.41) is 10.8. The van der Waals surface area contributed by atoms with E-state index in [0.29, 0.717) is 5.56 Å². The predicted octanol–water partition coefficient (Wildman–Crippen LogP) is 3.18. The first kappa shape index (κ1) is 20.6. The van der Waals surface area contributed by atoms with Gasteiger partial charge in [-0.2, -0.15) is 4.39 Å². The van der Waals surface area contributed by atoms with Crippen LogP contribution in [-0.4, -0.2) is 47.7 Å². The molecule has 1 fully saturated rings. The third kappa shape index (κ3) is 4.35. The molecule has 0 unspecified atom stereocenters. The topological polar surface area (TPSA) is 99.0 Å². The molecular formula is C18H23FN2O6. The van der Waals surface area contributed by atoms with Gasteiger partial charge in [-0.25, -0.2) is 4.79 Å². The van der Waals surface area contributed by atoms with E-state index in [1.54, 1.807) is 20.8 Å². The van der Waals surface area contributed by atoms with Gasteiger partial charge in [-0.1, -0.05) is 6.07 Å². The van der Waals surface area contributed by atoms with Gasteiger partial charge in [0.2, 0.25) is 5.82 Å². The molecule has 0 bridgehead atoms. The van der Waals surface area contributed by atoms with Crippen LogP contribution in [-0.2, 0) is 19.7 Å². The summed E-state index contributed by atoms with van der Waals surface area (Å²) < 4.78 is 24.4. The number of hydrogen-bond acceptors (Lipinski definition) is 6. The predicted molar refractivity (Wildman–Crippen MR) is 93.8 cm³/mol. The standard InChI is InChI=1S/C18H23FN2O6/c1-17(2,3)27-16(23)20-9-7-18(8-10-20,15(22)26-4)12-5-6-14(21(24)25)13(19)11-12/h5-6,11H,7-10H2,1-4H3. The fraction of sp³-hybridized carbons (Fsp3) is 0.556. The van der Waals surface area contributed by atoms with Gasteiger partial charge < -0.3 is 14.4 Å². The molecular weight excluding hydrogens is 359 g/mol. The van der Waals surface area contributed by atoms with Crippen LogP contribution in [0.15, 0.2) is 18.2 Å². The molecule has 8 nitrogen and oxygen atoms in total. The summed E-state index contributed by atoms with van der Waals surface area (Å²) in [5.41, 5.74) is -2.19. The third-order valence-electron chi connectivity index (χ3n) is 4.54. The number of esters is 1. The molecule has 1 saturated heterocycles. The quantitative estimate of drug-likeness (QED) is 0.452. The van der Waals surface area contributed by atoms with Crippen LogP contribution in [0.5, 0.6) is 0 Å². The highest BCUT2D eigenvalue weighted by Crippen LogP contribution is 2.38. The lowest BCUT2D eigenvalue weighted by atomic mass is 9.72. The Balaban J connectivity index is 2.28. The summed E-state index contributed by atoms with van der Waals surface area (Å²) >= 11 is 0. The molecule has 0 spiro atoms. The Hall–Kier alpha value is -2.71. The van der Waals surface area contributed by atoms with Crippen molar-refractivity contribution in [2.24, 2.45) is 0 Å². The number of methoxy groups -OCH3 is 1. The lowest BCUT2D eigenvalue weighted by Gasteiger charge is -2.40. The number of carbonyl (C=O) groups is 2. The van der Waals surface area contributed by atoms with Gasteiger partial charge in [0.05, 0.1) is 17.4 Å². The molecule has 0 N–H and O–H groups in total. The first-order chi connectivity index (χ1) is 12.5. The number of ether oxygens (including phenoxy) is 2. The number of amides is 1. The van der Waals surface area contributed by atoms with Gasteiger partial charge in [0.15, 0.2) is 0 Å². The highest BCUT2D eigenvalue weighted by molar-refractivity contribution is 5.84. The molecule has 27 heavy (non-hydrogen) atoms. The van der Waals surface area contributed by atoms with Crippen molar-refractivity contribution in [3.8, 4) is 0 Å². The van der Waals surface area contributed by atoms with E-state index in [4.69, 9.17) is 9.47 Å². The van der Waals surface area contributed by atoms with Crippen LogP contribution < -0.4 is 0 Å². The highest BCUT2D eigenvalue weighted by atomic mass is 19.1. The first-order valence-corrected chi connectivity index (χ1v) is 8.51. The van der Waals surface area contributed by atoms with E-state index in [-0.39, 0.29) is 25.9 Å². The summed E-state index contributed by atoms with van der Waals surface area (Å²) in [7, 11) is 1.23. The second-order valence-electron chi connectivity index (χ2n) is 7.46. The zero-order chi connectivity index (χ0) is 20.4. The normalized spacial score (nSPS) is 16.6. The maximum atomic E-state index is 14.1. The molecule has 0 saturated carbocycles. The minimum absolute atomic E-state index is 0.191. The SMILES string of the molecule is COC(=O)C1(c2ccc([N+](=O)[O-])c(F)c2)CCN(C(=O)OC(C)(C)C)CC1. The van der Waals surface area contributed by atoms with E-state index in [9.17, 15) is 24.1 Å². The number of nitrogens with zero attached hydrogens (tertiary/aromatic N) is 2. The molecule has 148 valence electrons. The Morgan fingerprint density at radius 2 is 1.85 bits per heavy atom. The first-order valence-electron chi connectivity index (χ1n) is 8.51. The van der Waals surface area contributed by atoms with Crippen LogP contribution in [0.1, 0.15) is 39.2 Å². The fourth-order valence-electron chi connectivity index (χ4n) is 3.16. The molecule has 1 aromatic carbocycles. The summed E-state index contributed by atoms with van der Waals surface area (Å²) in [6, 6.07) is 3.40. The zero-order valence-corrected chi connectivity index (χ0v) is 15.8. The van der Waals surface area contributed by atoms with Crippen molar-refractivity contribution in [2.45, 2.75) is 44.6 Å². The van der Waals surface area contributed by atoms with Gasteiger partial charge in [0.25, 0.3) is 0 Å². The monoisotopic (exact) mass is 382 g/mol. The minimum Gasteiger partial charge on any atom is -0.468 e. The van der Waals surface area contributed by atoms with Gasteiger partial charge >= 0.3 is 17.7 Å². The number of halogens is 1. The maximum absolute atomic E-state index is 14.1. The number of nitro groups is 1. The average molecular weight is 382 g/mol. The van der Waals surface area contributed by atoms with Crippen LogP contribution in [0.2, 0.25) is 0 Å². The van der Waals surface area contributed by atoms with Crippen molar-refractivity contribution in [3.05, 3.63) is 39.7 Å². The van der Waals surface area contributed by atoms with E-state index < -0.39 is 39.5 Å². The second kappa shape index (κ2) is 7.50. The smallest absolute Gasteiger partial charge is 0.410 e. The van der Waals surface area contributed by atoms with Gasteiger partial charge in [0.1, 0.15) is 5.60 Å². The van der Waals surface area contributed by atoms with Crippen LogP contribution in [0.25, 0.3) is 0 Å². The molecule has 0 atom stereocenters. The van der Waals surface area contributed by atoms with E-state index >= 15 is 0 Å². The molecule has 1 heterocycles. The van der Waals surface area contributed by atoms with Crippen molar-refractivity contribution in [2.75, 3.05) is 20.2 Å². The van der Waals surface area contributed by atoms with Crippen molar-refractivity contribution in [1.29, 1.82) is 0 Å². The lowest BCUT2D eigenvalue weighted by Crippen LogP contribution is -2.50. The van der Waals surface area contributed by atoms with Gasteiger partial charge in [-0.05, 0) is 45.2 Å². The Kier molecular flexibility index (Phi) is 5.72. The number of piperidine rings is 1. The van der Waals surface area contributed by atoms with Crippen LogP contribution in [0.3, 0.4) is 0 Å². The summed E-state index contributed by atoms with van der Waals surface area (Å²) in [6.45, 7) is 5.69. The van der Waals surface area contributed by atoms with Crippen molar-refractivity contribution >= 4 is 17.7 Å². The van der Waals surface area contributed by atoms with Crippen molar-refractivity contribution < 1.29 is 28.4 Å². The van der Waals surface area contributed by atoms with E-state index in [2.05, 4.69) is 0 Å². The zero-order valence-electron chi connectivity index (χ0n) is 15.8. The number of hydrogen-bond donors (Lipinski definition) is 0. The molecule has 1 aromatic rings. The van der Waals surface area contributed by atoms with Gasteiger partial charge in [-0.3, -0.25) is 14.9 Å². The fourth-order valence-corrected chi connectivity index (χ4v) is 3.16. The Labute approximate surface area is 156 Å². The van der Waals surface area contributed by atoms with E-state index in [1.807, 2.05) is 0 Å². The van der Waals surface area contributed by atoms with E-state index in [1.165, 1.54) is 18.1 Å². The van der Waals surface area contributed by atoms with Crippen LogP contribution in [0, 0.1) is 15.9 Å². The Morgan fingerprint density at radius 1 is 1.26 bits per heavy atom. The molecule has 1 aliphatic rings. The van der Waals surface area contributed by atoms with Gasteiger partial charge in [-0.15, -0.1) is 0 Å². The van der Waals surface area contributed by atoms with Crippen LogP contribution >= 0.6 is 0 Å². The number of rotatable bonds is 3. The van der Waals surface area contributed by atoms with Crippen LogP contribution in [0.4, 0.5) is 14.9 Å². The molecule has 1 aliphatic heterocycles. The summed E-state index contributed by atoms with van der Waals surface area (Å²) in [6.07, 6.45) is -0.109. The largest absolute Gasteiger partial charge is 0.468 e. The number of likely N-dealkylation sites (tertiary alicyclic amines) is 1. The van der Waals surface area contributed by atoms with Crippen molar-refractivity contribution in [1.82, 2.24) is 4.90 Å².